The highest BCUT2D eigenvalue weighted by molar-refractivity contribution is 6.40. The van der Waals surface area contributed by atoms with Crippen LogP contribution in [0.1, 0.15) is 34.0 Å². The van der Waals surface area contributed by atoms with E-state index in [9.17, 15) is 19.2 Å². The van der Waals surface area contributed by atoms with E-state index in [2.05, 4.69) is 5.32 Å². The molecule has 0 radical (unpaired) electrons. The zero-order chi connectivity index (χ0) is 27.4. The number of aromatic carboxylic acids is 1. The molecule has 10 heteroatoms. The minimum atomic E-state index is -1.01. The van der Waals surface area contributed by atoms with Gasteiger partial charge in [-0.05, 0) is 73.0 Å². The number of carbonyl (C=O) groups excluding carboxylic acids is 3. The maximum atomic E-state index is 13.3. The molecule has 4 rings (SSSR count). The number of rotatable bonds is 8. The van der Waals surface area contributed by atoms with Crippen molar-refractivity contribution in [2.45, 2.75) is 20.5 Å². The second kappa shape index (κ2) is 11.2. The smallest absolute Gasteiger partial charge is 0.335 e. The van der Waals surface area contributed by atoms with Gasteiger partial charge in [-0.25, -0.2) is 14.5 Å². The van der Waals surface area contributed by atoms with Crippen molar-refractivity contribution in [3.63, 3.8) is 0 Å². The van der Waals surface area contributed by atoms with E-state index in [1.807, 2.05) is 0 Å². The van der Waals surface area contributed by atoms with Gasteiger partial charge in [0.15, 0.2) is 11.5 Å². The van der Waals surface area contributed by atoms with Crippen LogP contribution in [0.2, 0.25) is 5.02 Å². The standard InChI is InChI=1S/C28H23ClN2O7/c1-3-37-24-14-18(9-12-23(24)38-15-17-7-10-19(11-8-17)27(34)35)13-20-25(32)30-28(36)31(26(20)33)22-6-4-5-21(29)16(22)2/h4-14H,3,15H2,1-2H3,(H,34,35)(H,30,32,36)/b20-13+. The van der Waals surface area contributed by atoms with Gasteiger partial charge in [-0.1, -0.05) is 35.9 Å². The topological polar surface area (TPSA) is 122 Å². The molecule has 0 unspecified atom stereocenters. The average Bonchev–Trinajstić information content (AvgIpc) is 2.89. The number of amides is 4. The highest BCUT2D eigenvalue weighted by atomic mass is 35.5. The lowest BCUT2D eigenvalue weighted by Gasteiger charge is -2.27. The number of carbonyl (C=O) groups is 4. The minimum Gasteiger partial charge on any atom is -0.490 e. The van der Waals surface area contributed by atoms with Gasteiger partial charge in [0.1, 0.15) is 12.2 Å². The maximum Gasteiger partial charge on any atom is 0.335 e. The first-order chi connectivity index (χ1) is 18.2. The summed E-state index contributed by atoms with van der Waals surface area (Å²) in [5.41, 5.74) is 1.96. The third-order valence-electron chi connectivity index (χ3n) is 5.76. The van der Waals surface area contributed by atoms with Crippen LogP contribution in [-0.2, 0) is 16.2 Å². The van der Waals surface area contributed by atoms with E-state index in [-0.39, 0.29) is 23.4 Å². The van der Waals surface area contributed by atoms with Gasteiger partial charge in [0.05, 0.1) is 17.9 Å². The van der Waals surface area contributed by atoms with Crippen molar-refractivity contribution in [2.75, 3.05) is 11.5 Å². The van der Waals surface area contributed by atoms with Crippen LogP contribution in [0.5, 0.6) is 11.5 Å². The van der Waals surface area contributed by atoms with E-state index in [1.165, 1.54) is 18.2 Å². The van der Waals surface area contributed by atoms with Crippen LogP contribution in [-0.4, -0.2) is 35.5 Å². The van der Waals surface area contributed by atoms with E-state index >= 15 is 0 Å². The molecule has 3 aromatic rings. The van der Waals surface area contributed by atoms with E-state index in [1.54, 1.807) is 62.4 Å². The highest BCUT2D eigenvalue weighted by Gasteiger charge is 2.37. The predicted molar refractivity (Wildman–Crippen MR) is 141 cm³/mol. The molecule has 0 saturated carbocycles. The van der Waals surface area contributed by atoms with Crippen molar-refractivity contribution < 1.29 is 33.8 Å². The first kappa shape index (κ1) is 26.4. The molecule has 1 fully saturated rings. The molecule has 2 N–H and O–H groups in total. The number of carboxylic acids is 1. The third kappa shape index (κ3) is 5.52. The van der Waals surface area contributed by atoms with Gasteiger partial charge >= 0.3 is 12.0 Å². The normalized spacial score (nSPS) is 14.4. The van der Waals surface area contributed by atoms with Gasteiger partial charge in [-0.15, -0.1) is 0 Å². The number of halogens is 1. The molecule has 0 aliphatic carbocycles. The van der Waals surface area contributed by atoms with E-state index in [4.69, 9.17) is 26.2 Å². The zero-order valence-corrected chi connectivity index (χ0v) is 21.2. The molecule has 9 nitrogen and oxygen atoms in total. The van der Waals surface area contributed by atoms with Crippen molar-refractivity contribution in [3.05, 3.63) is 93.5 Å². The quantitative estimate of drug-likeness (QED) is 0.308. The second-order valence-corrected chi connectivity index (χ2v) is 8.68. The van der Waals surface area contributed by atoms with Crippen molar-refractivity contribution in [1.82, 2.24) is 5.32 Å². The van der Waals surface area contributed by atoms with Crippen LogP contribution in [0, 0.1) is 6.92 Å². The molecule has 1 saturated heterocycles. The second-order valence-electron chi connectivity index (χ2n) is 8.27. The Morgan fingerprint density at radius 3 is 2.45 bits per heavy atom. The Bertz CT molecular complexity index is 1460. The van der Waals surface area contributed by atoms with Crippen molar-refractivity contribution in [2.24, 2.45) is 0 Å². The van der Waals surface area contributed by atoms with Gasteiger partial charge in [0, 0.05) is 5.02 Å². The molecule has 38 heavy (non-hydrogen) atoms. The number of nitrogens with one attached hydrogen (secondary N) is 1. The first-order valence-corrected chi connectivity index (χ1v) is 12.0. The minimum absolute atomic E-state index is 0.164. The Morgan fingerprint density at radius 2 is 1.76 bits per heavy atom. The van der Waals surface area contributed by atoms with Crippen LogP contribution in [0.25, 0.3) is 6.08 Å². The fraction of sp³-hybridized carbons (Fsp3) is 0.143. The summed E-state index contributed by atoms with van der Waals surface area (Å²) in [4.78, 5) is 50.3. The Kier molecular flexibility index (Phi) is 7.78. The molecule has 1 aliphatic heterocycles. The largest absolute Gasteiger partial charge is 0.490 e. The molecule has 4 amide bonds. The Hall–Kier alpha value is -4.63. The third-order valence-corrected chi connectivity index (χ3v) is 6.16. The lowest BCUT2D eigenvalue weighted by molar-refractivity contribution is -0.122. The zero-order valence-electron chi connectivity index (χ0n) is 20.5. The van der Waals surface area contributed by atoms with Gasteiger partial charge in [-0.3, -0.25) is 14.9 Å². The summed E-state index contributed by atoms with van der Waals surface area (Å²) in [6.45, 7) is 3.97. The predicted octanol–water partition coefficient (Wildman–Crippen LogP) is 4.99. The molecule has 0 aromatic heterocycles. The van der Waals surface area contributed by atoms with Crippen LogP contribution in [0.3, 0.4) is 0 Å². The summed E-state index contributed by atoms with van der Waals surface area (Å²) < 4.78 is 11.6. The molecular formula is C28H23ClN2O7. The number of benzene rings is 3. The number of urea groups is 1. The number of carboxylic acid groups (broad SMARTS) is 1. The summed E-state index contributed by atoms with van der Waals surface area (Å²) in [6.07, 6.45) is 1.37. The monoisotopic (exact) mass is 534 g/mol. The number of imide groups is 2. The van der Waals surface area contributed by atoms with Gasteiger partial charge < -0.3 is 14.6 Å². The molecule has 0 bridgehead atoms. The van der Waals surface area contributed by atoms with E-state index in [0.717, 1.165) is 10.5 Å². The SMILES string of the molecule is CCOc1cc(/C=C2\C(=O)NC(=O)N(c3cccc(Cl)c3C)C2=O)ccc1OCc1ccc(C(=O)O)cc1. The summed E-state index contributed by atoms with van der Waals surface area (Å²) in [5, 5.41) is 11.6. The van der Waals surface area contributed by atoms with Crippen molar-refractivity contribution in [1.29, 1.82) is 0 Å². The molecular weight excluding hydrogens is 512 g/mol. The van der Waals surface area contributed by atoms with Gasteiger partial charge in [-0.2, -0.15) is 0 Å². The van der Waals surface area contributed by atoms with Gasteiger partial charge in [0.2, 0.25) is 0 Å². The van der Waals surface area contributed by atoms with E-state index in [0.29, 0.717) is 34.3 Å². The lowest BCUT2D eigenvalue weighted by atomic mass is 10.1. The number of hydrogen-bond donors (Lipinski definition) is 2. The maximum absolute atomic E-state index is 13.3. The van der Waals surface area contributed by atoms with Crippen molar-refractivity contribution in [3.8, 4) is 11.5 Å². The molecule has 0 spiro atoms. The fourth-order valence-corrected chi connectivity index (χ4v) is 3.96. The van der Waals surface area contributed by atoms with Crippen LogP contribution < -0.4 is 19.7 Å². The summed E-state index contributed by atoms with van der Waals surface area (Å²) in [7, 11) is 0. The molecule has 194 valence electrons. The Labute approximate surface area is 223 Å². The summed E-state index contributed by atoms with van der Waals surface area (Å²) in [5.74, 6) is -1.82. The number of hydrogen-bond acceptors (Lipinski definition) is 6. The van der Waals surface area contributed by atoms with Crippen LogP contribution >= 0.6 is 11.6 Å². The van der Waals surface area contributed by atoms with Crippen LogP contribution in [0.15, 0.2) is 66.2 Å². The van der Waals surface area contributed by atoms with Crippen molar-refractivity contribution >= 4 is 47.2 Å². The Balaban J connectivity index is 1.60. The molecule has 1 heterocycles. The Morgan fingerprint density at radius 1 is 1.03 bits per heavy atom. The highest BCUT2D eigenvalue weighted by Crippen LogP contribution is 2.32. The number of ether oxygens (including phenoxy) is 2. The lowest BCUT2D eigenvalue weighted by Crippen LogP contribution is -2.54. The average molecular weight is 535 g/mol. The summed E-state index contributed by atoms with van der Waals surface area (Å²) in [6, 6.07) is 15.1. The van der Waals surface area contributed by atoms with Gasteiger partial charge in [0.25, 0.3) is 11.8 Å². The molecule has 0 atom stereocenters. The number of barbiturate groups is 1. The fourth-order valence-electron chi connectivity index (χ4n) is 3.79. The molecule has 1 aliphatic rings. The molecule has 3 aromatic carbocycles. The summed E-state index contributed by atoms with van der Waals surface area (Å²) >= 11 is 6.17. The van der Waals surface area contributed by atoms with E-state index < -0.39 is 23.8 Å². The first-order valence-electron chi connectivity index (χ1n) is 11.6. The van der Waals surface area contributed by atoms with Crippen LogP contribution in [0.4, 0.5) is 10.5 Å². The number of nitrogens with zero attached hydrogens (tertiary/aromatic N) is 1. The number of anilines is 1.